The minimum Gasteiger partial charge on any atom is -0.318 e. The minimum atomic E-state index is -0.427. The summed E-state index contributed by atoms with van der Waals surface area (Å²) in [6, 6.07) is 6.93. The van der Waals surface area contributed by atoms with Gasteiger partial charge >= 0.3 is 0 Å². The van der Waals surface area contributed by atoms with Crippen LogP contribution in [0, 0.1) is 19.8 Å². The molecule has 114 valence electrons. The molecule has 21 heavy (non-hydrogen) atoms. The van der Waals surface area contributed by atoms with Gasteiger partial charge in [0.1, 0.15) is 6.17 Å². The van der Waals surface area contributed by atoms with Crippen LogP contribution in [0.1, 0.15) is 56.5 Å². The number of nitrogens with zero attached hydrogens (tertiary/aromatic N) is 1. The number of aryl methyl sites for hydroxylation is 2. The number of carbonyl (C=O) groups is 1. The monoisotopic (exact) mass is 286 g/mol. The smallest absolute Gasteiger partial charge is 0.244 e. The van der Waals surface area contributed by atoms with Gasteiger partial charge in [-0.1, -0.05) is 37.6 Å². The molecule has 1 saturated carbocycles. The van der Waals surface area contributed by atoms with E-state index in [0.717, 1.165) is 12.8 Å². The lowest BCUT2D eigenvalue weighted by Gasteiger charge is -2.26. The molecular weight excluding hydrogens is 260 g/mol. The fraction of sp³-hybridized carbons (Fsp3) is 0.611. The van der Waals surface area contributed by atoms with E-state index in [1.165, 1.54) is 16.7 Å². The average molecular weight is 286 g/mol. The first-order chi connectivity index (χ1) is 9.87. The maximum absolute atomic E-state index is 12.9. The quantitative estimate of drug-likeness (QED) is 0.924. The van der Waals surface area contributed by atoms with Gasteiger partial charge in [-0.25, -0.2) is 0 Å². The Morgan fingerprint density at radius 2 is 2.05 bits per heavy atom. The highest BCUT2D eigenvalue weighted by Crippen LogP contribution is 2.45. The van der Waals surface area contributed by atoms with E-state index in [2.05, 4.69) is 56.1 Å². The van der Waals surface area contributed by atoms with Crippen molar-refractivity contribution in [3.63, 3.8) is 0 Å². The summed E-state index contributed by atoms with van der Waals surface area (Å²) in [5, 5.41) is 3.62. The second-order valence-electron chi connectivity index (χ2n) is 7.09. The molecule has 2 fully saturated rings. The van der Waals surface area contributed by atoms with Gasteiger partial charge in [0.05, 0.1) is 5.54 Å². The maximum Gasteiger partial charge on any atom is 0.244 e. The van der Waals surface area contributed by atoms with Crippen molar-refractivity contribution in [2.75, 3.05) is 0 Å². The van der Waals surface area contributed by atoms with Gasteiger partial charge in [-0.05, 0) is 50.7 Å². The van der Waals surface area contributed by atoms with Crippen LogP contribution in [0.4, 0.5) is 0 Å². The van der Waals surface area contributed by atoms with E-state index in [-0.39, 0.29) is 12.1 Å². The van der Waals surface area contributed by atoms with Crippen LogP contribution in [-0.4, -0.2) is 22.4 Å². The van der Waals surface area contributed by atoms with Crippen molar-refractivity contribution in [1.29, 1.82) is 0 Å². The SMILES string of the molecule is CCC1(C)NC(c2cc(C)ccc2C)N(C2CC2C)C1=O. The van der Waals surface area contributed by atoms with E-state index in [0.29, 0.717) is 12.0 Å². The number of amides is 1. The molecule has 4 atom stereocenters. The lowest BCUT2D eigenvalue weighted by atomic mass is 9.99. The number of hydrogen-bond acceptors (Lipinski definition) is 2. The molecule has 0 radical (unpaired) electrons. The topological polar surface area (TPSA) is 32.3 Å². The Morgan fingerprint density at radius 1 is 1.38 bits per heavy atom. The van der Waals surface area contributed by atoms with E-state index < -0.39 is 5.54 Å². The third-order valence-electron chi connectivity index (χ3n) is 5.30. The van der Waals surface area contributed by atoms with Crippen molar-refractivity contribution < 1.29 is 4.79 Å². The van der Waals surface area contributed by atoms with E-state index in [4.69, 9.17) is 0 Å². The van der Waals surface area contributed by atoms with Crippen molar-refractivity contribution >= 4 is 5.91 Å². The van der Waals surface area contributed by atoms with E-state index in [9.17, 15) is 4.79 Å². The molecule has 3 nitrogen and oxygen atoms in total. The van der Waals surface area contributed by atoms with Crippen LogP contribution in [0.15, 0.2) is 18.2 Å². The highest BCUT2D eigenvalue weighted by molar-refractivity contribution is 5.89. The largest absolute Gasteiger partial charge is 0.318 e. The Balaban J connectivity index is 2.03. The average Bonchev–Trinajstić information content (AvgIpc) is 3.10. The van der Waals surface area contributed by atoms with Crippen molar-refractivity contribution in [3.8, 4) is 0 Å². The summed E-state index contributed by atoms with van der Waals surface area (Å²) < 4.78 is 0. The first-order valence-electron chi connectivity index (χ1n) is 8.05. The first kappa shape index (κ1) is 14.6. The molecule has 3 heteroatoms. The van der Waals surface area contributed by atoms with Gasteiger partial charge in [0.25, 0.3) is 0 Å². The highest BCUT2D eigenvalue weighted by Gasteiger charge is 2.54. The van der Waals surface area contributed by atoms with Crippen LogP contribution in [0.5, 0.6) is 0 Å². The molecule has 1 amide bonds. The molecule has 0 bridgehead atoms. The fourth-order valence-electron chi connectivity index (χ4n) is 3.40. The van der Waals surface area contributed by atoms with Crippen LogP contribution in [0.25, 0.3) is 0 Å². The molecule has 2 aliphatic rings. The fourth-order valence-corrected chi connectivity index (χ4v) is 3.40. The summed E-state index contributed by atoms with van der Waals surface area (Å²) in [6.45, 7) is 10.6. The predicted octanol–water partition coefficient (Wildman–Crippen LogP) is 3.31. The Labute approximate surface area is 127 Å². The Hall–Kier alpha value is -1.35. The van der Waals surface area contributed by atoms with Crippen molar-refractivity contribution in [1.82, 2.24) is 10.2 Å². The van der Waals surface area contributed by atoms with E-state index in [1.807, 2.05) is 6.92 Å². The molecule has 3 rings (SSSR count). The summed E-state index contributed by atoms with van der Waals surface area (Å²) in [7, 11) is 0. The van der Waals surface area contributed by atoms with Crippen molar-refractivity contribution in [2.45, 2.75) is 65.2 Å². The zero-order chi connectivity index (χ0) is 15.4. The lowest BCUT2D eigenvalue weighted by Crippen LogP contribution is -2.43. The minimum absolute atomic E-state index is 0.0253. The Kier molecular flexibility index (Phi) is 3.36. The summed E-state index contributed by atoms with van der Waals surface area (Å²) in [6.07, 6.45) is 1.98. The van der Waals surface area contributed by atoms with Gasteiger partial charge in [-0.2, -0.15) is 0 Å². The summed E-state index contributed by atoms with van der Waals surface area (Å²) in [5.74, 6) is 0.896. The molecule has 0 aromatic heterocycles. The van der Waals surface area contributed by atoms with E-state index in [1.54, 1.807) is 0 Å². The standard InChI is InChI=1S/C18H26N2O/c1-6-18(5)17(21)20(15-10-13(15)4)16(19-18)14-9-11(2)7-8-12(14)3/h7-9,13,15-16,19H,6,10H2,1-5H3. The number of rotatable bonds is 3. The van der Waals surface area contributed by atoms with Crippen LogP contribution >= 0.6 is 0 Å². The van der Waals surface area contributed by atoms with Crippen LogP contribution in [0.2, 0.25) is 0 Å². The van der Waals surface area contributed by atoms with Crippen molar-refractivity contribution in [3.05, 3.63) is 34.9 Å². The van der Waals surface area contributed by atoms with Gasteiger partial charge in [-0.15, -0.1) is 0 Å². The molecule has 1 aromatic carbocycles. The normalized spacial score (nSPS) is 35.4. The third kappa shape index (κ3) is 2.28. The highest BCUT2D eigenvalue weighted by atomic mass is 16.2. The molecule has 1 aliphatic carbocycles. The van der Waals surface area contributed by atoms with E-state index >= 15 is 0 Å². The zero-order valence-electron chi connectivity index (χ0n) is 13.7. The number of benzene rings is 1. The molecule has 0 spiro atoms. The summed E-state index contributed by atoms with van der Waals surface area (Å²) in [5.41, 5.74) is 3.33. The zero-order valence-corrected chi connectivity index (χ0v) is 13.7. The molecule has 1 saturated heterocycles. The van der Waals surface area contributed by atoms with Gasteiger partial charge in [0.15, 0.2) is 0 Å². The lowest BCUT2D eigenvalue weighted by molar-refractivity contribution is -0.133. The van der Waals surface area contributed by atoms with Crippen LogP contribution < -0.4 is 5.32 Å². The Bertz CT molecular complexity index is 583. The molecule has 4 unspecified atom stereocenters. The number of nitrogens with one attached hydrogen (secondary N) is 1. The van der Waals surface area contributed by atoms with Gasteiger partial charge < -0.3 is 4.90 Å². The maximum atomic E-state index is 12.9. The van der Waals surface area contributed by atoms with Crippen LogP contribution in [0.3, 0.4) is 0 Å². The molecular formula is C18H26N2O. The Morgan fingerprint density at radius 3 is 2.62 bits per heavy atom. The second kappa shape index (κ2) is 4.84. The number of carbonyl (C=O) groups excluding carboxylic acids is 1. The number of hydrogen-bond donors (Lipinski definition) is 1. The molecule has 1 aliphatic heterocycles. The van der Waals surface area contributed by atoms with Crippen LogP contribution in [-0.2, 0) is 4.79 Å². The first-order valence-corrected chi connectivity index (χ1v) is 8.05. The molecule has 1 N–H and O–H groups in total. The predicted molar refractivity (Wildman–Crippen MR) is 84.9 cm³/mol. The van der Waals surface area contributed by atoms with Crippen molar-refractivity contribution in [2.24, 2.45) is 5.92 Å². The molecule has 1 heterocycles. The third-order valence-corrected chi connectivity index (χ3v) is 5.30. The van der Waals surface area contributed by atoms with Gasteiger partial charge in [0, 0.05) is 6.04 Å². The van der Waals surface area contributed by atoms with Gasteiger partial charge in [-0.3, -0.25) is 10.1 Å². The summed E-state index contributed by atoms with van der Waals surface area (Å²) >= 11 is 0. The van der Waals surface area contributed by atoms with Gasteiger partial charge in [0.2, 0.25) is 5.91 Å². The second-order valence-corrected chi connectivity index (χ2v) is 7.09. The molecule has 1 aromatic rings. The summed E-state index contributed by atoms with van der Waals surface area (Å²) in [4.78, 5) is 15.0.